The third-order valence-electron chi connectivity index (χ3n) is 5.05. The smallest absolute Gasteiger partial charge is 0.167 e. The predicted molar refractivity (Wildman–Crippen MR) is 117 cm³/mol. The van der Waals surface area contributed by atoms with Crippen molar-refractivity contribution in [1.29, 1.82) is 0 Å². The van der Waals surface area contributed by atoms with E-state index < -0.39 is 0 Å². The Balaban J connectivity index is 0.000000426. The van der Waals surface area contributed by atoms with Crippen LogP contribution in [0.2, 0.25) is 0 Å². The van der Waals surface area contributed by atoms with E-state index in [2.05, 4.69) is 5.32 Å². The summed E-state index contributed by atoms with van der Waals surface area (Å²) in [4.78, 5) is 10.8. The summed E-state index contributed by atoms with van der Waals surface area (Å²) in [6, 6.07) is 11.6. The minimum Gasteiger partial charge on any atom is -0.497 e. The molecule has 0 unspecified atom stereocenters. The summed E-state index contributed by atoms with van der Waals surface area (Å²) in [6.07, 6.45) is 4.73. The molecule has 0 aromatic heterocycles. The molecule has 2 aromatic rings. The molecule has 0 radical (unpaired) electrons. The number of allylic oxidation sites excluding steroid dienone is 1. The highest BCUT2D eigenvalue weighted by Gasteiger charge is 2.15. The van der Waals surface area contributed by atoms with Crippen molar-refractivity contribution in [2.75, 3.05) is 27.0 Å². The fraction of sp³-hybridized carbons (Fsp3) is 0.318. The van der Waals surface area contributed by atoms with Gasteiger partial charge in [0.25, 0.3) is 0 Å². The first-order valence-electron chi connectivity index (χ1n) is 9.45. The lowest BCUT2D eigenvalue weighted by Crippen LogP contribution is -2.31. The van der Waals surface area contributed by atoms with Gasteiger partial charge >= 0.3 is 0 Å². The van der Waals surface area contributed by atoms with Crippen LogP contribution in [0.3, 0.4) is 0 Å². The van der Waals surface area contributed by atoms with Crippen molar-refractivity contribution < 1.29 is 14.3 Å². The molecule has 0 amide bonds. The van der Waals surface area contributed by atoms with E-state index in [4.69, 9.17) is 26.7 Å². The van der Waals surface area contributed by atoms with Gasteiger partial charge in [0.1, 0.15) is 11.5 Å². The van der Waals surface area contributed by atoms with E-state index in [9.17, 15) is 4.79 Å². The standard InChI is InChI=1S/C17H19N3O3.C5H11N/c1-22-10-6-7-11(15(8-10)23-2)12-4-3-5-13(16(12)19)17(20)14(18)9-21;1-6-5-3-2-4-5/h3-9H,18-20H2,1-2H3;5-6H,2-4H2,1H3/b17-14+;. The van der Waals surface area contributed by atoms with Crippen molar-refractivity contribution in [3.8, 4) is 22.6 Å². The maximum Gasteiger partial charge on any atom is 0.167 e. The van der Waals surface area contributed by atoms with Crippen LogP contribution in [0, 0.1) is 0 Å². The SMILES string of the molecule is CNC1CCC1.COc1ccc(-c2cccc(/C(N)=C(\N)C=O)c2N)c(OC)c1. The van der Waals surface area contributed by atoms with E-state index in [-0.39, 0.29) is 11.4 Å². The molecular weight excluding hydrogens is 368 g/mol. The van der Waals surface area contributed by atoms with Crippen LogP contribution in [0.25, 0.3) is 16.8 Å². The maximum atomic E-state index is 10.8. The highest BCUT2D eigenvalue weighted by molar-refractivity contribution is 5.93. The van der Waals surface area contributed by atoms with Gasteiger partial charge in [0.05, 0.1) is 25.6 Å². The predicted octanol–water partition coefficient (Wildman–Crippen LogP) is 2.50. The highest BCUT2D eigenvalue weighted by atomic mass is 16.5. The summed E-state index contributed by atoms with van der Waals surface area (Å²) >= 11 is 0. The van der Waals surface area contributed by atoms with Crippen LogP contribution in [0.1, 0.15) is 24.8 Å². The zero-order chi connectivity index (χ0) is 21.4. The number of nitrogens with one attached hydrogen (secondary N) is 1. The molecule has 1 fully saturated rings. The number of carbonyl (C=O) groups is 1. The molecule has 1 aliphatic carbocycles. The Morgan fingerprint density at radius 1 is 1.10 bits per heavy atom. The Bertz CT molecular complexity index is 874. The lowest BCUT2D eigenvalue weighted by atomic mass is 9.94. The first-order valence-corrected chi connectivity index (χ1v) is 9.45. The average Bonchev–Trinajstić information content (AvgIpc) is 2.72. The molecule has 0 aliphatic heterocycles. The number of ether oxygens (including phenoxy) is 2. The largest absolute Gasteiger partial charge is 0.497 e. The number of hydrogen-bond donors (Lipinski definition) is 4. The molecule has 7 N–H and O–H groups in total. The number of hydrogen-bond acceptors (Lipinski definition) is 7. The molecule has 0 saturated heterocycles. The minimum atomic E-state index is -0.0597. The van der Waals surface area contributed by atoms with Crippen LogP contribution < -0.4 is 32.0 Å². The number of aldehydes is 1. The number of rotatable bonds is 6. The van der Waals surface area contributed by atoms with Crippen molar-refractivity contribution >= 4 is 17.7 Å². The van der Waals surface area contributed by atoms with Crippen molar-refractivity contribution in [3.63, 3.8) is 0 Å². The summed E-state index contributed by atoms with van der Waals surface area (Å²) in [5, 5.41) is 3.20. The van der Waals surface area contributed by atoms with E-state index in [0.717, 1.165) is 17.2 Å². The molecule has 0 spiro atoms. The first-order chi connectivity index (χ1) is 14.0. The third-order valence-corrected chi connectivity index (χ3v) is 5.05. The highest BCUT2D eigenvalue weighted by Crippen LogP contribution is 2.38. The molecule has 0 heterocycles. The van der Waals surface area contributed by atoms with Gasteiger partial charge in [-0.25, -0.2) is 0 Å². The van der Waals surface area contributed by atoms with Gasteiger partial charge in [-0.05, 0) is 32.0 Å². The third kappa shape index (κ3) is 5.20. The first kappa shape index (κ1) is 22.1. The molecule has 0 atom stereocenters. The Hall–Kier alpha value is -3.19. The van der Waals surface area contributed by atoms with Gasteiger partial charge in [0, 0.05) is 34.5 Å². The van der Waals surface area contributed by atoms with E-state index in [0.29, 0.717) is 29.0 Å². The average molecular weight is 399 g/mol. The maximum absolute atomic E-state index is 10.8. The Morgan fingerprint density at radius 2 is 1.83 bits per heavy atom. The van der Waals surface area contributed by atoms with Crippen molar-refractivity contribution in [2.24, 2.45) is 11.5 Å². The number of nitrogens with two attached hydrogens (primary N) is 3. The molecule has 7 heteroatoms. The van der Waals surface area contributed by atoms with Gasteiger partial charge in [-0.15, -0.1) is 0 Å². The number of benzene rings is 2. The topological polar surface area (TPSA) is 126 Å². The molecular formula is C22H30N4O3. The number of carbonyl (C=O) groups excluding carboxylic acids is 1. The normalized spacial score (nSPS) is 14.0. The van der Waals surface area contributed by atoms with Crippen LogP contribution in [-0.2, 0) is 4.79 Å². The Kier molecular flexibility index (Phi) is 7.91. The fourth-order valence-corrected chi connectivity index (χ4v) is 2.97. The summed E-state index contributed by atoms with van der Waals surface area (Å²) in [5.74, 6) is 1.28. The van der Waals surface area contributed by atoms with Gasteiger partial charge in [0.2, 0.25) is 0 Å². The zero-order valence-electron chi connectivity index (χ0n) is 17.2. The molecule has 156 valence electrons. The monoisotopic (exact) mass is 398 g/mol. The molecule has 1 saturated carbocycles. The molecule has 29 heavy (non-hydrogen) atoms. The quantitative estimate of drug-likeness (QED) is 0.335. The Morgan fingerprint density at radius 3 is 2.31 bits per heavy atom. The second kappa shape index (κ2) is 10.4. The molecule has 1 aliphatic rings. The number of nitrogen functional groups attached to an aromatic ring is 1. The summed E-state index contributed by atoms with van der Waals surface area (Å²) in [6.45, 7) is 0. The van der Waals surface area contributed by atoms with Crippen LogP contribution in [0.4, 0.5) is 5.69 Å². The van der Waals surface area contributed by atoms with Crippen molar-refractivity contribution in [1.82, 2.24) is 5.32 Å². The molecule has 2 aromatic carbocycles. The van der Waals surface area contributed by atoms with E-state index in [1.807, 2.05) is 25.2 Å². The van der Waals surface area contributed by atoms with Gasteiger partial charge in [-0.1, -0.05) is 24.6 Å². The fourth-order valence-electron chi connectivity index (χ4n) is 2.97. The van der Waals surface area contributed by atoms with Gasteiger partial charge in [-0.2, -0.15) is 0 Å². The minimum absolute atomic E-state index is 0.0597. The van der Waals surface area contributed by atoms with Gasteiger partial charge in [-0.3, -0.25) is 4.79 Å². The van der Waals surface area contributed by atoms with Crippen LogP contribution in [0.5, 0.6) is 11.5 Å². The number of anilines is 1. The van der Waals surface area contributed by atoms with Gasteiger partial charge in [0.15, 0.2) is 6.29 Å². The summed E-state index contributed by atoms with van der Waals surface area (Å²) in [5.41, 5.74) is 20.2. The second-order valence-corrected chi connectivity index (χ2v) is 6.74. The molecule has 3 rings (SSSR count). The van der Waals surface area contributed by atoms with Crippen molar-refractivity contribution in [3.05, 3.63) is 47.7 Å². The van der Waals surface area contributed by atoms with Crippen molar-refractivity contribution in [2.45, 2.75) is 25.3 Å². The second-order valence-electron chi connectivity index (χ2n) is 6.74. The Labute approximate surface area is 171 Å². The lowest BCUT2D eigenvalue weighted by molar-refractivity contribution is -0.104. The molecule has 0 bridgehead atoms. The lowest BCUT2D eigenvalue weighted by Gasteiger charge is -2.23. The van der Waals surface area contributed by atoms with Crippen LogP contribution in [-0.4, -0.2) is 33.6 Å². The van der Waals surface area contributed by atoms with Crippen LogP contribution in [0.15, 0.2) is 42.1 Å². The number of methoxy groups -OCH3 is 2. The number of para-hydroxylation sites is 1. The van der Waals surface area contributed by atoms with Crippen LogP contribution >= 0.6 is 0 Å². The van der Waals surface area contributed by atoms with E-state index in [1.54, 1.807) is 32.4 Å². The zero-order valence-corrected chi connectivity index (χ0v) is 17.2. The van der Waals surface area contributed by atoms with E-state index >= 15 is 0 Å². The summed E-state index contributed by atoms with van der Waals surface area (Å²) in [7, 11) is 5.18. The summed E-state index contributed by atoms with van der Waals surface area (Å²) < 4.78 is 10.6. The van der Waals surface area contributed by atoms with Gasteiger partial charge < -0.3 is 32.0 Å². The molecule has 7 nitrogen and oxygen atoms in total. The van der Waals surface area contributed by atoms with E-state index in [1.165, 1.54) is 19.3 Å².